The monoisotopic (exact) mass is 394 g/mol. The van der Waals surface area contributed by atoms with E-state index in [1.807, 2.05) is 47.8 Å². The van der Waals surface area contributed by atoms with Gasteiger partial charge in [-0.15, -0.1) is 26.6 Å². The number of hydrogen-bond donors (Lipinski definition) is 0. The van der Waals surface area contributed by atoms with Crippen molar-refractivity contribution in [2.45, 2.75) is 13.5 Å². The van der Waals surface area contributed by atoms with Gasteiger partial charge in [0.2, 0.25) is 0 Å². The Morgan fingerprint density at radius 2 is 2.04 bits per heavy atom. The lowest BCUT2D eigenvalue weighted by Crippen LogP contribution is -2.15. The SMILES string of the molecule is Cc1nnnn1/C(=C\c1ccccc1)C(=O)OCc1nnc(-c2cccs2)o1. The normalized spacial score (nSPS) is 11.5. The topological polar surface area (TPSA) is 109 Å². The van der Waals surface area contributed by atoms with Gasteiger partial charge in [-0.1, -0.05) is 36.4 Å². The van der Waals surface area contributed by atoms with Crippen molar-refractivity contribution in [2.75, 3.05) is 0 Å². The molecule has 0 atom stereocenters. The van der Waals surface area contributed by atoms with Crippen molar-refractivity contribution in [3.8, 4) is 10.8 Å². The van der Waals surface area contributed by atoms with E-state index in [0.29, 0.717) is 11.7 Å². The zero-order valence-electron chi connectivity index (χ0n) is 14.7. The molecule has 0 saturated carbocycles. The highest BCUT2D eigenvalue weighted by Crippen LogP contribution is 2.23. The molecule has 4 aromatic rings. The van der Waals surface area contributed by atoms with Crippen LogP contribution in [0.1, 0.15) is 17.3 Å². The summed E-state index contributed by atoms with van der Waals surface area (Å²) in [7, 11) is 0. The summed E-state index contributed by atoms with van der Waals surface area (Å²) in [5, 5.41) is 21.1. The van der Waals surface area contributed by atoms with E-state index in [9.17, 15) is 4.79 Å². The van der Waals surface area contributed by atoms with Crippen LogP contribution in [0.4, 0.5) is 0 Å². The quantitative estimate of drug-likeness (QED) is 0.363. The van der Waals surface area contributed by atoms with Gasteiger partial charge >= 0.3 is 5.97 Å². The molecule has 0 radical (unpaired) electrons. The van der Waals surface area contributed by atoms with E-state index in [2.05, 4.69) is 25.7 Å². The van der Waals surface area contributed by atoms with E-state index >= 15 is 0 Å². The van der Waals surface area contributed by atoms with Crippen LogP contribution in [0.15, 0.2) is 52.3 Å². The van der Waals surface area contributed by atoms with Crippen LogP contribution < -0.4 is 0 Å². The Balaban J connectivity index is 1.53. The Kier molecular flexibility index (Phi) is 5.02. The number of carbonyl (C=O) groups is 1. The smallest absolute Gasteiger partial charge is 0.357 e. The molecule has 1 aromatic carbocycles. The zero-order valence-corrected chi connectivity index (χ0v) is 15.5. The first-order chi connectivity index (χ1) is 13.7. The summed E-state index contributed by atoms with van der Waals surface area (Å²) in [6.07, 6.45) is 1.65. The maximum Gasteiger partial charge on any atom is 0.357 e. The molecule has 0 N–H and O–H groups in total. The van der Waals surface area contributed by atoms with E-state index in [4.69, 9.17) is 9.15 Å². The first-order valence-corrected chi connectivity index (χ1v) is 9.14. The summed E-state index contributed by atoms with van der Waals surface area (Å²) in [6.45, 7) is 1.53. The molecule has 0 aliphatic carbocycles. The maximum absolute atomic E-state index is 12.7. The van der Waals surface area contributed by atoms with Crippen LogP contribution in [0.5, 0.6) is 0 Å². The molecular formula is C18H14N6O3S. The third kappa shape index (κ3) is 3.86. The number of aromatic nitrogens is 6. The number of nitrogens with zero attached hydrogens (tertiary/aromatic N) is 6. The summed E-state index contributed by atoms with van der Waals surface area (Å²) in [5.41, 5.74) is 0.980. The number of benzene rings is 1. The molecule has 9 nitrogen and oxygen atoms in total. The first-order valence-electron chi connectivity index (χ1n) is 8.26. The second kappa shape index (κ2) is 7.92. The fourth-order valence-corrected chi connectivity index (χ4v) is 3.03. The summed E-state index contributed by atoms with van der Waals surface area (Å²) in [6, 6.07) is 13.1. The van der Waals surface area contributed by atoms with Crippen molar-refractivity contribution in [1.82, 2.24) is 30.4 Å². The van der Waals surface area contributed by atoms with Gasteiger partial charge in [-0.25, -0.2) is 4.79 Å². The van der Waals surface area contributed by atoms with Crippen LogP contribution >= 0.6 is 11.3 Å². The van der Waals surface area contributed by atoms with Crippen LogP contribution in [-0.2, 0) is 16.1 Å². The molecular weight excluding hydrogens is 380 g/mol. The fraction of sp³-hybridized carbons (Fsp3) is 0.111. The lowest BCUT2D eigenvalue weighted by atomic mass is 10.2. The molecule has 0 amide bonds. The number of carbonyl (C=O) groups excluding carboxylic acids is 1. The van der Waals surface area contributed by atoms with Crippen molar-refractivity contribution in [3.63, 3.8) is 0 Å². The van der Waals surface area contributed by atoms with Gasteiger partial charge in [0, 0.05) is 0 Å². The van der Waals surface area contributed by atoms with E-state index < -0.39 is 5.97 Å². The van der Waals surface area contributed by atoms with Crippen molar-refractivity contribution in [1.29, 1.82) is 0 Å². The Morgan fingerprint density at radius 1 is 1.18 bits per heavy atom. The molecule has 28 heavy (non-hydrogen) atoms. The van der Waals surface area contributed by atoms with Gasteiger partial charge in [0.15, 0.2) is 18.1 Å². The van der Waals surface area contributed by atoms with Gasteiger partial charge in [-0.3, -0.25) is 0 Å². The highest BCUT2D eigenvalue weighted by Gasteiger charge is 2.19. The van der Waals surface area contributed by atoms with Gasteiger partial charge in [0.25, 0.3) is 11.8 Å². The van der Waals surface area contributed by atoms with Crippen molar-refractivity contribution in [2.24, 2.45) is 0 Å². The van der Waals surface area contributed by atoms with Crippen molar-refractivity contribution < 1.29 is 13.9 Å². The predicted molar refractivity (Wildman–Crippen MR) is 101 cm³/mol. The molecule has 10 heteroatoms. The number of tetrazole rings is 1. The number of ether oxygens (including phenoxy) is 1. The van der Waals surface area contributed by atoms with E-state index in [1.165, 1.54) is 16.0 Å². The molecule has 0 unspecified atom stereocenters. The number of esters is 1. The number of aryl methyl sites for hydroxylation is 1. The highest BCUT2D eigenvalue weighted by molar-refractivity contribution is 7.13. The third-order valence-corrected chi connectivity index (χ3v) is 4.55. The minimum absolute atomic E-state index is 0.162. The lowest BCUT2D eigenvalue weighted by molar-refractivity contribution is -0.139. The molecule has 3 aromatic heterocycles. The second-order valence-electron chi connectivity index (χ2n) is 5.63. The largest absolute Gasteiger partial charge is 0.451 e. The summed E-state index contributed by atoms with van der Waals surface area (Å²) >= 11 is 1.48. The highest BCUT2D eigenvalue weighted by atomic mass is 32.1. The van der Waals surface area contributed by atoms with Crippen LogP contribution in [0.3, 0.4) is 0 Å². The lowest BCUT2D eigenvalue weighted by Gasteiger charge is -2.07. The second-order valence-corrected chi connectivity index (χ2v) is 6.58. The van der Waals surface area contributed by atoms with Gasteiger partial charge in [-0.05, 0) is 40.4 Å². The van der Waals surface area contributed by atoms with Crippen LogP contribution in [-0.4, -0.2) is 36.4 Å². The summed E-state index contributed by atoms with van der Waals surface area (Å²) < 4.78 is 12.2. The molecule has 3 heterocycles. The van der Waals surface area contributed by atoms with E-state index in [1.54, 1.807) is 13.0 Å². The molecule has 0 saturated heterocycles. The molecule has 0 aliphatic rings. The molecule has 0 spiro atoms. The Bertz CT molecular complexity index is 1100. The predicted octanol–water partition coefficient (Wildman–Crippen LogP) is 2.83. The minimum atomic E-state index is -0.616. The van der Waals surface area contributed by atoms with E-state index in [0.717, 1.165) is 10.4 Å². The average molecular weight is 394 g/mol. The van der Waals surface area contributed by atoms with Crippen LogP contribution in [0, 0.1) is 6.92 Å². The first kappa shape index (κ1) is 17.7. The Labute approximate surface area is 163 Å². The van der Waals surface area contributed by atoms with E-state index in [-0.39, 0.29) is 18.2 Å². The fourth-order valence-electron chi connectivity index (χ4n) is 2.38. The van der Waals surface area contributed by atoms with Crippen LogP contribution in [0.2, 0.25) is 0 Å². The Hall–Kier alpha value is -3.66. The molecule has 4 rings (SSSR count). The average Bonchev–Trinajstić information content (AvgIpc) is 3.46. The molecule has 140 valence electrons. The standard InChI is InChI=1S/C18H14N6O3S/c1-12-19-22-23-24(12)14(10-13-6-3-2-4-7-13)18(25)26-11-16-20-21-17(27-16)15-8-5-9-28-15/h2-10H,11H2,1H3/b14-10-. The molecule has 0 bridgehead atoms. The van der Waals surface area contributed by atoms with Gasteiger partial charge < -0.3 is 9.15 Å². The number of rotatable bonds is 6. The minimum Gasteiger partial charge on any atom is -0.451 e. The van der Waals surface area contributed by atoms with Gasteiger partial charge in [0.05, 0.1) is 4.88 Å². The summed E-state index contributed by atoms with van der Waals surface area (Å²) in [4.78, 5) is 13.6. The molecule has 0 fully saturated rings. The van der Waals surface area contributed by atoms with Crippen LogP contribution in [0.25, 0.3) is 22.5 Å². The van der Waals surface area contributed by atoms with Gasteiger partial charge in [-0.2, -0.15) is 4.68 Å². The van der Waals surface area contributed by atoms with Crippen molar-refractivity contribution >= 4 is 29.1 Å². The maximum atomic E-state index is 12.7. The number of hydrogen-bond acceptors (Lipinski definition) is 9. The summed E-state index contributed by atoms with van der Waals surface area (Å²) in [5.74, 6) is 0.425. The third-order valence-electron chi connectivity index (χ3n) is 3.69. The molecule has 0 aliphatic heterocycles. The van der Waals surface area contributed by atoms with Crippen molar-refractivity contribution in [3.05, 3.63) is 65.1 Å². The Morgan fingerprint density at radius 3 is 2.75 bits per heavy atom. The zero-order chi connectivity index (χ0) is 19.3. The number of thiophene rings is 1. The van der Waals surface area contributed by atoms with Gasteiger partial charge in [0.1, 0.15) is 0 Å².